The predicted octanol–water partition coefficient (Wildman–Crippen LogP) is 4.67. The van der Waals surface area contributed by atoms with Gasteiger partial charge in [-0.05, 0) is 43.2 Å². The zero-order valence-corrected chi connectivity index (χ0v) is 14.9. The van der Waals surface area contributed by atoms with Crippen molar-refractivity contribution >= 4 is 17.5 Å². The van der Waals surface area contributed by atoms with Crippen LogP contribution in [0.4, 0.5) is 14.5 Å². The third kappa shape index (κ3) is 5.12. The lowest BCUT2D eigenvalue weighted by molar-refractivity contribution is 0.0933. The van der Waals surface area contributed by atoms with Gasteiger partial charge in [0.25, 0.3) is 11.8 Å². The molecule has 2 aromatic rings. The van der Waals surface area contributed by atoms with Gasteiger partial charge in [-0.1, -0.05) is 31.7 Å². The summed E-state index contributed by atoms with van der Waals surface area (Å²) in [7, 11) is 0. The maximum absolute atomic E-state index is 13.7. The first-order valence-corrected chi connectivity index (χ1v) is 9.20. The molecule has 3 rings (SSSR count). The molecule has 2 aromatic carbocycles. The quantitative estimate of drug-likeness (QED) is 0.767. The SMILES string of the molecule is O=C(Nc1ccc(F)cc1F)c1cccc(C(=O)NC2CCCCCC2)c1. The molecular formula is C21H22F2N2O2. The van der Waals surface area contributed by atoms with Gasteiger partial charge in [-0.25, -0.2) is 8.78 Å². The van der Waals surface area contributed by atoms with Crippen molar-refractivity contribution in [1.29, 1.82) is 0 Å². The Labute approximate surface area is 157 Å². The van der Waals surface area contributed by atoms with E-state index in [9.17, 15) is 18.4 Å². The Bertz CT molecular complexity index is 831. The van der Waals surface area contributed by atoms with Crippen LogP contribution in [0.1, 0.15) is 59.2 Å². The molecule has 2 amide bonds. The van der Waals surface area contributed by atoms with Crippen molar-refractivity contribution in [2.45, 2.75) is 44.6 Å². The lowest BCUT2D eigenvalue weighted by atomic mass is 10.1. The molecule has 1 aliphatic rings. The molecule has 4 nitrogen and oxygen atoms in total. The van der Waals surface area contributed by atoms with E-state index in [2.05, 4.69) is 10.6 Å². The highest BCUT2D eigenvalue weighted by Gasteiger charge is 2.17. The number of carbonyl (C=O) groups excluding carboxylic acids is 2. The molecule has 142 valence electrons. The smallest absolute Gasteiger partial charge is 0.255 e. The highest BCUT2D eigenvalue weighted by molar-refractivity contribution is 6.06. The average molecular weight is 372 g/mol. The third-order valence-electron chi connectivity index (χ3n) is 4.76. The van der Waals surface area contributed by atoms with Crippen LogP contribution in [-0.2, 0) is 0 Å². The molecule has 0 atom stereocenters. The Morgan fingerprint density at radius 2 is 1.52 bits per heavy atom. The summed E-state index contributed by atoms with van der Waals surface area (Å²) in [6.45, 7) is 0. The van der Waals surface area contributed by atoms with Crippen molar-refractivity contribution in [3.63, 3.8) is 0 Å². The van der Waals surface area contributed by atoms with Crippen molar-refractivity contribution in [3.8, 4) is 0 Å². The summed E-state index contributed by atoms with van der Waals surface area (Å²) in [6, 6.07) is 9.35. The van der Waals surface area contributed by atoms with Crippen LogP contribution in [0.15, 0.2) is 42.5 Å². The van der Waals surface area contributed by atoms with E-state index in [1.165, 1.54) is 18.9 Å². The number of nitrogens with one attached hydrogen (secondary N) is 2. The minimum absolute atomic E-state index is 0.116. The first-order chi connectivity index (χ1) is 13.0. The van der Waals surface area contributed by atoms with Gasteiger partial charge in [-0.15, -0.1) is 0 Å². The van der Waals surface area contributed by atoms with Crippen molar-refractivity contribution in [2.75, 3.05) is 5.32 Å². The summed E-state index contributed by atoms with van der Waals surface area (Å²) in [6.07, 6.45) is 6.54. The van der Waals surface area contributed by atoms with Gasteiger partial charge in [0.05, 0.1) is 5.69 Å². The van der Waals surface area contributed by atoms with E-state index in [-0.39, 0.29) is 23.2 Å². The molecule has 1 fully saturated rings. The maximum Gasteiger partial charge on any atom is 0.255 e. The normalized spacial score (nSPS) is 15.0. The molecule has 0 aromatic heterocycles. The zero-order valence-electron chi connectivity index (χ0n) is 14.9. The monoisotopic (exact) mass is 372 g/mol. The summed E-state index contributed by atoms with van der Waals surface area (Å²) in [5.74, 6) is -2.36. The van der Waals surface area contributed by atoms with E-state index in [1.807, 2.05) is 0 Å². The first-order valence-electron chi connectivity index (χ1n) is 9.20. The summed E-state index contributed by atoms with van der Waals surface area (Å²) >= 11 is 0. The van der Waals surface area contributed by atoms with Gasteiger partial charge in [0.15, 0.2) is 0 Å². The number of hydrogen-bond acceptors (Lipinski definition) is 2. The summed E-state index contributed by atoms with van der Waals surface area (Å²) in [5, 5.41) is 5.43. The van der Waals surface area contributed by atoms with Crippen LogP contribution in [0, 0.1) is 11.6 Å². The molecule has 2 N–H and O–H groups in total. The number of amides is 2. The number of benzene rings is 2. The molecule has 0 unspecified atom stereocenters. The average Bonchev–Trinajstić information content (AvgIpc) is 2.92. The van der Waals surface area contributed by atoms with Crippen LogP contribution in [0.2, 0.25) is 0 Å². The predicted molar refractivity (Wildman–Crippen MR) is 99.7 cm³/mol. The van der Waals surface area contributed by atoms with Gasteiger partial charge in [-0.3, -0.25) is 9.59 Å². The molecule has 0 saturated heterocycles. The van der Waals surface area contributed by atoms with Gasteiger partial charge in [-0.2, -0.15) is 0 Å². The molecule has 0 bridgehead atoms. The summed E-state index contributed by atoms with van der Waals surface area (Å²) in [4.78, 5) is 24.9. The second-order valence-electron chi connectivity index (χ2n) is 6.82. The molecule has 0 radical (unpaired) electrons. The molecule has 6 heteroatoms. The fraction of sp³-hybridized carbons (Fsp3) is 0.333. The van der Waals surface area contributed by atoms with Gasteiger partial charge in [0.1, 0.15) is 11.6 Å². The number of anilines is 1. The topological polar surface area (TPSA) is 58.2 Å². The van der Waals surface area contributed by atoms with E-state index < -0.39 is 17.5 Å². The standard InChI is InChI=1S/C21H22F2N2O2/c22-16-10-11-19(18(23)13-16)25-21(27)15-7-5-6-14(12-15)20(26)24-17-8-3-1-2-4-9-17/h5-7,10-13,17H,1-4,8-9H2,(H,24,26)(H,25,27). The highest BCUT2D eigenvalue weighted by atomic mass is 19.1. The lowest BCUT2D eigenvalue weighted by Crippen LogP contribution is -2.34. The number of carbonyl (C=O) groups is 2. The largest absolute Gasteiger partial charge is 0.349 e. The minimum atomic E-state index is -0.856. The van der Waals surface area contributed by atoms with Gasteiger partial charge in [0.2, 0.25) is 0 Å². The van der Waals surface area contributed by atoms with Gasteiger partial charge < -0.3 is 10.6 Å². The Hall–Kier alpha value is -2.76. The number of halogens is 2. The van der Waals surface area contributed by atoms with E-state index in [4.69, 9.17) is 0 Å². The first kappa shape index (κ1) is 19.0. The van der Waals surface area contributed by atoms with Crippen LogP contribution >= 0.6 is 0 Å². The Kier molecular flexibility index (Phi) is 6.16. The van der Waals surface area contributed by atoms with E-state index >= 15 is 0 Å². The van der Waals surface area contributed by atoms with Crippen molar-refractivity contribution in [1.82, 2.24) is 5.32 Å². The lowest BCUT2D eigenvalue weighted by Gasteiger charge is -2.16. The second kappa shape index (κ2) is 8.75. The summed E-state index contributed by atoms with van der Waals surface area (Å²) < 4.78 is 26.7. The highest BCUT2D eigenvalue weighted by Crippen LogP contribution is 2.19. The van der Waals surface area contributed by atoms with E-state index in [0.29, 0.717) is 11.6 Å². The number of rotatable bonds is 4. The van der Waals surface area contributed by atoms with Crippen LogP contribution < -0.4 is 10.6 Å². The molecular weight excluding hydrogens is 350 g/mol. The fourth-order valence-electron chi connectivity index (χ4n) is 3.28. The Morgan fingerprint density at radius 3 is 2.19 bits per heavy atom. The van der Waals surface area contributed by atoms with Gasteiger partial charge in [0, 0.05) is 23.2 Å². The maximum atomic E-state index is 13.7. The number of hydrogen-bond donors (Lipinski definition) is 2. The molecule has 1 saturated carbocycles. The zero-order chi connectivity index (χ0) is 19.2. The summed E-state index contributed by atoms with van der Waals surface area (Å²) in [5.41, 5.74) is 0.494. The van der Waals surface area contributed by atoms with Crippen molar-refractivity contribution in [2.24, 2.45) is 0 Å². The van der Waals surface area contributed by atoms with Crippen LogP contribution in [0.5, 0.6) is 0 Å². The minimum Gasteiger partial charge on any atom is -0.349 e. The Balaban J connectivity index is 1.68. The van der Waals surface area contributed by atoms with Crippen LogP contribution in [0.3, 0.4) is 0 Å². The van der Waals surface area contributed by atoms with Crippen molar-refractivity contribution < 1.29 is 18.4 Å². The molecule has 1 aliphatic carbocycles. The van der Waals surface area contributed by atoms with Crippen LogP contribution in [0.25, 0.3) is 0 Å². The molecule has 0 heterocycles. The second-order valence-corrected chi connectivity index (χ2v) is 6.82. The van der Waals surface area contributed by atoms with Gasteiger partial charge >= 0.3 is 0 Å². The van der Waals surface area contributed by atoms with E-state index in [0.717, 1.165) is 37.8 Å². The van der Waals surface area contributed by atoms with Crippen LogP contribution in [-0.4, -0.2) is 17.9 Å². The fourth-order valence-corrected chi connectivity index (χ4v) is 3.28. The molecule has 27 heavy (non-hydrogen) atoms. The molecule has 0 spiro atoms. The third-order valence-corrected chi connectivity index (χ3v) is 4.76. The molecule has 0 aliphatic heterocycles. The Morgan fingerprint density at radius 1 is 0.852 bits per heavy atom. The van der Waals surface area contributed by atoms with E-state index in [1.54, 1.807) is 18.2 Å². The van der Waals surface area contributed by atoms with Crippen molar-refractivity contribution in [3.05, 3.63) is 65.2 Å².